The first-order chi connectivity index (χ1) is 18.4. The lowest BCUT2D eigenvalue weighted by Crippen LogP contribution is -2.48. The van der Waals surface area contributed by atoms with E-state index < -0.39 is 36.1 Å². The van der Waals surface area contributed by atoms with Crippen LogP contribution in [0.25, 0.3) is 0 Å². The SMILES string of the molecule is N#Cc1cccc([C@]23CC[C@@H](N(CCN4CCC(F)(F)C4)C(=O)Nc4cc(F)cc(C(F)(F)F)c4)CC2C3)c1. The van der Waals surface area contributed by atoms with Crippen molar-refractivity contribution < 1.29 is 31.1 Å². The van der Waals surface area contributed by atoms with E-state index in [1.54, 1.807) is 11.0 Å². The fourth-order valence-electron chi connectivity index (χ4n) is 6.26. The maximum atomic E-state index is 13.9. The van der Waals surface area contributed by atoms with Gasteiger partial charge in [0.2, 0.25) is 0 Å². The number of hydrogen-bond donors (Lipinski definition) is 1. The number of amides is 2. The topological polar surface area (TPSA) is 59.4 Å². The van der Waals surface area contributed by atoms with Crippen LogP contribution in [0.3, 0.4) is 0 Å². The molecule has 5 nitrogen and oxygen atoms in total. The first-order valence-corrected chi connectivity index (χ1v) is 12.9. The Hall–Kier alpha value is -3.26. The molecule has 1 saturated heterocycles. The molecule has 5 rings (SSSR count). The molecule has 1 unspecified atom stereocenters. The van der Waals surface area contributed by atoms with Gasteiger partial charge in [-0.05, 0) is 72.9 Å². The molecule has 2 aromatic carbocycles. The molecule has 0 spiro atoms. The van der Waals surface area contributed by atoms with Crippen molar-refractivity contribution in [2.45, 2.75) is 55.7 Å². The lowest BCUT2D eigenvalue weighted by molar-refractivity contribution is -0.137. The van der Waals surface area contributed by atoms with Crippen LogP contribution in [-0.2, 0) is 11.6 Å². The van der Waals surface area contributed by atoms with Gasteiger partial charge < -0.3 is 10.2 Å². The molecule has 11 heteroatoms. The second-order valence-corrected chi connectivity index (χ2v) is 10.9. The van der Waals surface area contributed by atoms with E-state index in [1.807, 2.05) is 18.2 Å². The zero-order valence-electron chi connectivity index (χ0n) is 21.1. The fraction of sp³-hybridized carbons (Fsp3) is 0.500. The van der Waals surface area contributed by atoms with Gasteiger partial charge in [-0.2, -0.15) is 18.4 Å². The third kappa shape index (κ3) is 5.86. The molecule has 2 aliphatic carbocycles. The van der Waals surface area contributed by atoms with Crippen LogP contribution in [0.4, 0.5) is 36.8 Å². The summed E-state index contributed by atoms with van der Waals surface area (Å²) in [4.78, 5) is 16.5. The summed E-state index contributed by atoms with van der Waals surface area (Å²) in [7, 11) is 0. The molecule has 2 amide bonds. The Balaban J connectivity index is 1.33. The Morgan fingerprint density at radius 2 is 1.97 bits per heavy atom. The average molecular weight is 551 g/mol. The minimum absolute atomic E-state index is 0.0767. The van der Waals surface area contributed by atoms with Gasteiger partial charge in [0, 0.05) is 37.8 Å². The summed E-state index contributed by atoms with van der Waals surface area (Å²) < 4.78 is 81.0. The molecule has 3 atom stereocenters. The third-order valence-electron chi connectivity index (χ3n) is 8.36. The van der Waals surface area contributed by atoms with Crippen LogP contribution < -0.4 is 5.32 Å². The fourth-order valence-corrected chi connectivity index (χ4v) is 6.26. The number of nitrogens with zero attached hydrogens (tertiary/aromatic N) is 3. The van der Waals surface area contributed by atoms with Crippen molar-refractivity contribution >= 4 is 11.7 Å². The first-order valence-electron chi connectivity index (χ1n) is 12.9. The van der Waals surface area contributed by atoms with Crippen molar-refractivity contribution in [1.82, 2.24) is 9.80 Å². The molecule has 0 bridgehead atoms. The number of carbonyl (C=O) groups excluding carboxylic acids is 1. The molecule has 3 fully saturated rings. The van der Waals surface area contributed by atoms with Gasteiger partial charge in [-0.1, -0.05) is 12.1 Å². The van der Waals surface area contributed by atoms with Gasteiger partial charge in [0.05, 0.1) is 23.7 Å². The Morgan fingerprint density at radius 3 is 2.64 bits per heavy atom. The molecule has 208 valence electrons. The van der Waals surface area contributed by atoms with Crippen molar-refractivity contribution in [1.29, 1.82) is 5.26 Å². The van der Waals surface area contributed by atoms with Crippen LogP contribution in [0.1, 0.15) is 48.8 Å². The lowest BCUT2D eigenvalue weighted by Gasteiger charge is -2.37. The van der Waals surface area contributed by atoms with Crippen molar-refractivity contribution in [3.8, 4) is 6.07 Å². The summed E-state index contributed by atoms with van der Waals surface area (Å²) in [5.74, 6) is -3.67. The Morgan fingerprint density at radius 1 is 1.18 bits per heavy atom. The average Bonchev–Trinajstić information content (AvgIpc) is 3.51. The monoisotopic (exact) mass is 550 g/mol. The summed E-state index contributed by atoms with van der Waals surface area (Å²) >= 11 is 0. The van der Waals surface area contributed by atoms with Crippen LogP contribution in [0, 0.1) is 23.1 Å². The van der Waals surface area contributed by atoms with E-state index in [0.29, 0.717) is 30.5 Å². The highest BCUT2D eigenvalue weighted by molar-refractivity contribution is 5.89. The molecule has 3 aliphatic rings. The second-order valence-electron chi connectivity index (χ2n) is 10.9. The van der Waals surface area contributed by atoms with Crippen LogP contribution in [0.2, 0.25) is 0 Å². The number of benzene rings is 2. The van der Waals surface area contributed by atoms with E-state index in [4.69, 9.17) is 0 Å². The number of anilines is 1. The number of alkyl halides is 5. The van der Waals surface area contributed by atoms with Gasteiger partial charge in [0.1, 0.15) is 5.82 Å². The van der Waals surface area contributed by atoms with Crippen LogP contribution in [-0.4, -0.2) is 54.0 Å². The van der Waals surface area contributed by atoms with Gasteiger partial charge in [-0.3, -0.25) is 4.90 Å². The van der Waals surface area contributed by atoms with Gasteiger partial charge in [-0.15, -0.1) is 0 Å². The van der Waals surface area contributed by atoms with Crippen molar-refractivity contribution in [2.75, 3.05) is 31.5 Å². The summed E-state index contributed by atoms with van der Waals surface area (Å²) in [6, 6.07) is 10.5. The van der Waals surface area contributed by atoms with Gasteiger partial charge in [0.15, 0.2) is 0 Å². The molecule has 39 heavy (non-hydrogen) atoms. The number of likely N-dealkylation sites (tertiary alicyclic amines) is 1. The summed E-state index contributed by atoms with van der Waals surface area (Å²) in [5, 5.41) is 11.7. The number of nitrogens with one attached hydrogen (secondary N) is 1. The van der Waals surface area contributed by atoms with E-state index in [0.717, 1.165) is 24.5 Å². The predicted octanol–water partition coefficient (Wildman–Crippen LogP) is 6.40. The highest BCUT2D eigenvalue weighted by Crippen LogP contribution is 2.63. The molecule has 2 aromatic rings. The molecule has 0 aromatic heterocycles. The first kappa shape index (κ1) is 27.3. The highest BCUT2D eigenvalue weighted by atomic mass is 19.4. The Labute approximate surface area is 222 Å². The van der Waals surface area contributed by atoms with E-state index >= 15 is 0 Å². The summed E-state index contributed by atoms with van der Waals surface area (Å²) in [6.07, 6.45) is -2.17. The van der Waals surface area contributed by atoms with Crippen molar-refractivity contribution in [3.05, 3.63) is 65.0 Å². The highest BCUT2D eigenvalue weighted by Gasteiger charge is 2.58. The van der Waals surface area contributed by atoms with Crippen LogP contribution in [0.5, 0.6) is 0 Å². The number of fused-ring (bicyclic) bond motifs is 1. The maximum absolute atomic E-state index is 13.9. The largest absolute Gasteiger partial charge is 0.416 e. The minimum Gasteiger partial charge on any atom is -0.320 e. The number of nitriles is 1. The van der Waals surface area contributed by atoms with Crippen LogP contribution in [0.15, 0.2) is 42.5 Å². The lowest BCUT2D eigenvalue weighted by atomic mass is 9.80. The zero-order chi connectivity index (χ0) is 28.0. The number of rotatable bonds is 6. The molecular formula is C28H28F6N4O. The molecule has 0 radical (unpaired) electrons. The predicted molar refractivity (Wildman–Crippen MR) is 132 cm³/mol. The standard InChI is InChI=1S/C28H28F6N4O/c29-22-11-20(28(32,33)34)12-23(14-22)36-25(39)38(9-8-37-7-6-27(30,31)17-37)24-4-5-26(15-21(26)13-24)19-3-1-2-18(10-19)16-35/h1-3,10-12,14,21,24H,4-9,13,15,17H2,(H,36,39)/t21?,24-,26-/m1/s1. The zero-order valence-corrected chi connectivity index (χ0v) is 21.1. The molecular weight excluding hydrogens is 522 g/mol. The second kappa shape index (κ2) is 10.0. The quantitative estimate of drug-likeness (QED) is 0.424. The molecule has 2 saturated carbocycles. The third-order valence-corrected chi connectivity index (χ3v) is 8.36. The van der Waals surface area contributed by atoms with Crippen molar-refractivity contribution in [2.24, 2.45) is 5.92 Å². The molecule has 1 N–H and O–H groups in total. The molecule has 1 aliphatic heterocycles. The van der Waals surface area contributed by atoms with Crippen LogP contribution >= 0.6 is 0 Å². The smallest absolute Gasteiger partial charge is 0.320 e. The van der Waals surface area contributed by atoms with E-state index in [-0.39, 0.29) is 49.1 Å². The maximum Gasteiger partial charge on any atom is 0.416 e. The van der Waals surface area contributed by atoms with E-state index in [2.05, 4.69) is 11.4 Å². The Bertz CT molecular complexity index is 1290. The number of carbonyl (C=O) groups is 1. The number of halogens is 6. The van der Waals surface area contributed by atoms with Gasteiger partial charge in [-0.25, -0.2) is 18.0 Å². The summed E-state index contributed by atoms with van der Waals surface area (Å²) in [5.41, 5.74) is 0.0388. The molecule has 1 heterocycles. The normalized spacial score (nSPS) is 26.0. The van der Waals surface area contributed by atoms with Gasteiger partial charge >= 0.3 is 12.2 Å². The number of hydrogen-bond acceptors (Lipinski definition) is 3. The summed E-state index contributed by atoms with van der Waals surface area (Å²) in [6.45, 7) is 0.0774. The van der Waals surface area contributed by atoms with E-state index in [1.165, 1.54) is 4.90 Å². The van der Waals surface area contributed by atoms with E-state index in [9.17, 15) is 36.4 Å². The van der Waals surface area contributed by atoms with Gasteiger partial charge in [0.25, 0.3) is 5.92 Å². The Kier molecular flexibility index (Phi) is 7.04. The number of urea groups is 1. The minimum atomic E-state index is -4.79. The van der Waals surface area contributed by atoms with Crippen molar-refractivity contribution in [3.63, 3.8) is 0 Å².